The van der Waals surface area contributed by atoms with Gasteiger partial charge in [0, 0.05) is 16.3 Å². The van der Waals surface area contributed by atoms with E-state index < -0.39 is 6.04 Å². The lowest BCUT2D eigenvalue weighted by atomic mass is 9.95. The third-order valence-electron chi connectivity index (χ3n) is 7.27. The van der Waals surface area contributed by atoms with Gasteiger partial charge in [-0.15, -0.1) is 0 Å². The Hall–Kier alpha value is -4.99. The van der Waals surface area contributed by atoms with E-state index in [9.17, 15) is 14.0 Å². The number of nitrogens with one attached hydrogen (secondary N) is 1. The van der Waals surface area contributed by atoms with Gasteiger partial charge in [-0.25, -0.2) is 9.38 Å². The lowest BCUT2D eigenvalue weighted by molar-refractivity contribution is -0.113. The van der Waals surface area contributed by atoms with Crippen LogP contribution in [0.4, 0.5) is 10.1 Å². The first-order valence-corrected chi connectivity index (χ1v) is 15.2. The molecular weight excluding hydrogens is 613 g/mol. The fourth-order valence-corrected chi connectivity index (χ4v) is 6.32. The van der Waals surface area contributed by atoms with Crippen molar-refractivity contribution in [3.8, 4) is 11.5 Å². The first kappa shape index (κ1) is 30.1. The van der Waals surface area contributed by atoms with Crippen molar-refractivity contribution in [3.05, 3.63) is 156 Å². The zero-order valence-corrected chi connectivity index (χ0v) is 25.9. The topological polar surface area (TPSA) is 81.9 Å². The molecule has 0 fully saturated rings. The molecule has 1 amide bonds. The number of fused-ring (bicyclic) bond motifs is 1. The number of anilines is 1. The van der Waals surface area contributed by atoms with Crippen LogP contribution in [0.5, 0.6) is 11.5 Å². The molecule has 5 aromatic rings. The van der Waals surface area contributed by atoms with Gasteiger partial charge in [0.1, 0.15) is 23.9 Å². The second-order valence-electron chi connectivity index (χ2n) is 10.3. The van der Waals surface area contributed by atoms with Crippen LogP contribution in [0.3, 0.4) is 0 Å². The van der Waals surface area contributed by atoms with Crippen molar-refractivity contribution in [2.45, 2.75) is 19.6 Å². The van der Waals surface area contributed by atoms with Crippen molar-refractivity contribution in [1.82, 2.24) is 4.57 Å². The number of aromatic nitrogens is 1. The number of amides is 1. The number of benzene rings is 4. The smallest absolute Gasteiger partial charge is 0.271 e. The van der Waals surface area contributed by atoms with Crippen LogP contribution >= 0.6 is 22.9 Å². The second kappa shape index (κ2) is 12.9. The molecule has 0 aliphatic carbocycles. The molecule has 0 unspecified atom stereocenters. The molecule has 1 atom stereocenters. The summed E-state index contributed by atoms with van der Waals surface area (Å²) >= 11 is 7.56. The number of carbonyl (C=O) groups excluding carboxylic acids is 1. The first-order chi connectivity index (χ1) is 21.8. The molecule has 10 heteroatoms. The Bertz CT molecular complexity index is 2110. The average molecular weight is 640 g/mol. The molecule has 1 aliphatic heterocycles. The second-order valence-corrected chi connectivity index (χ2v) is 11.7. The van der Waals surface area contributed by atoms with Crippen molar-refractivity contribution in [2.24, 2.45) is 4.99 Å². The third kappa shape index (κ3) is 6.45. The van der Waals surface area contributed by atoms with E-state index in [1.165, 1.54) is 23.5 Å². The summed E-state index contributed by atoms with van der Waals surface area (Å²) in [5.74, 6) is 0.396. The molecular formula is C35H27ClFN3O4S. The van der Waals surface area contributed by atoms with Crippen molar-refractivity contribution < 1.29 is 18.7 Å². The summed E-state index contributed by atoms with van der Waals surface area (Å²) in [6.45, 7) is 1.96. The highest BCUT2D eigenvalue weighted by molar-refractivity contribution is 7.07. The Kier molecular flexibility index (Phi) is 8.64. The molecule has 0 spiro atoms. The number of rotatable bonds is 8. The first-order valence-electron chi connectivity index (χ1n) is 14.0. The highest BCUT2D eigenvalue weighted by Gasteiger charge is 2.32. The Morgan fingerprint density at radius 3 is 2.58 bits per heavy atom. The minimum atomic E-state index is -0.768. The van der Waals surface area contributed by atoms with Crippen LogP contribution in [-0.2, 0) is 11.4 Å². The van der Waals surface area contributed by atoms with Crippen molar-refractivity contribution in [2.75, 3.05) is 12.4 Å². The van der Waals surface area contributed by atoms with Crippen LogP contribution in [0, 0.1) is 5.82 Å². The number of para-hydroxylation sites is 1. The predicted molar refractivity (Wildman–Crippen MR) is 174 cm³/mol. The third-order valence-corrected chi connectivity index (χ3v) is 8.49. The fourth-order valence-electron chi connectivity index (χ4n) is 5.11. The molecule has 0 bridgehead atoms. The molecule has 4 aromatic carbocycles. The van der Waals surface area contributed by atoms with E-state index in [4.69, 9.17) is 26.1 Å². The van der Waals surface area contributed by atoms with Crippen LogP contribution < -0.4 is 29.7 Å². The number of hydrogen-bond acceptors (Lipinski definition) is 6. The molecule has 0 radical (unpaired) electrons. The number of carbonyl (C=O) groups is 1. The van der Waals surface area contributed by atoms with Crippen molar-refractivity contribution in [3.63, 3.8) is 0 Å². The van der Waals surface area contributed by atoms with E-state index in [2.05, 4.69) is 5.32 Å². The Morgan fingerprint density at radius 1 is 1.04 bits per heavy atom. The van der Waals surface area contributed by atoms with Crippen LogP contribution in [-0.4, -0.2) is 17.6 Å². The number of hydrogen-bond donors (Lipinski definition) is 1. The zero-order valence-electron chi connectivity index (χ0n) is 24.3. The lowest BCUT2D eigenvalue weighted by Crippen LogP contribution is -2.40. The Balaban J connectivity index is 1.45. The summed E-state index contributed by atoms with van der Waals surface area (Å²) in [4.78, 5) is 33.1. The van der Waals surface area contributed by atoms with Crippen molar-refractivity contribution >= 4 is 40.6 Å². The molecule has 6 rings (SSSR count). The number of methoxy groups -OCH3 is 1. The van der Waals surface area contributed by atoms with Crippen LogP contribution in [0.15, 0.2) is 118 Å². The number of thiazole rings is 1. The summed E-state index contributed by atoms with van der Waals surface area (Å²) < 4.78 is 26.8. The molecule has 2 heterocycles. The van der Waals surface area contributed by atoms with E-state index in [-0.39, 0.29) is 23.9 Å². The van der Waals surface area contributed by atoms with E-state index in [1.807, 2.05) is 36.4 Å². The van der Waals surface area contributed by atoms with Gasteiger partial charge in [0.25, 0.3) is 11.5 Å². The zero-order chi connectivity index (χ0) is 31.5. The summed E-state index contributed by atoms with van der Waals surface area (Å²) in [6, 6.07) is 26.8. The van der Waals surface area contributed by atoms with Gasteiger partial charge in [-0.2, -0.15) is 0 Å². The highest BCUT2D eigenvalue weighted by Crippen LogP contribution is 2.32. The SMILES string of the molecule is COc1cccc([C@H]2C(C(=O)Nc3ccccc3)=C(C)N=c3s/c(=C\c4cc(Cl)ccc4OCc4ccc(F)cc4)c(=O)n32)c1. The quantitative estimate of drug-likeness (QED) is 0.218. The number of allylic oxidation sites excluding steroid dienone is 1. The Labute approximate surface area is 267 Å². The fraction of sp³-hybridized carbons (Fsp3) is 0.114. The van der Waals surface area contributed by atoms with Gasteiger partial charge in [0.05, 0.1) is 29.0 Å². The van der Waals surface area contributed by atoms with Gasteiger partial charge < -0.3 is 14.8 Å². The van der Waals surface area contributed by atoms with Crippen LogP contribution in [0.2, 0.25) is 5.02 Å². The summed E-state index contributed by atoms with van der Waals surface area (Å²) in [6.07, 6.45) is 1.71. The van der Waals surface area contributed by atoms with E-state index >= 15 is 0 Å². The average Bonchev–Trinajstić information content (AvgIpc) is 3.34. The molecule has 7 nitrogen and oxygen atoms in total. The summed E-state index contributed by atoms with van der Waals surface area (Å²) in [5.41, 5.74) is 3.21. The molecule has 1 aromatic heterocycles. The maximum Gasteiger partial charge on any atom is 0.271 e. The minimum absolute atomic E-state index is 0.193. The summed E-state index contributed by atoms with van der Waals surface area (Å²) in [5, 5.41) is 3.42. The van der Waals surface area contributed by atoms with Gasteiger partial charge in [0.15, 0.2) is 4.80 Å². The van der Waals surface area contributed by atoms with Crippen LogP contribution in [0.1, 0.15) is 29.7 Å². The normalized spacial score (nSPS) is 14.5. The van der Waals surface area contributed by atoms with E-state index in [0.29, 0.717) is 53.9 Å². The largest absolute Gasteiger partial charge is 0.497 e. The molecule has 45 heavy (non-hydrogen) atoms. The Morgan fingerprint density at radius 2 is 1.82 bits per heavy atom. The van der Waals surface area contributed by atoms with Gasteiger partial charge >= 0.3 is 0 Å². The van der Waals surface area contributed by atoms with E-state index in [0.717, 1.165) is 5.56 Å². The monoisotopic (exact) mass is 639 g/mol. The van der Waals surface area contributed by atoms with Gasteiger partial charge in [0.2, 0.25) is 0 Å². The number of halogens is 2. The van der Waals surface area contributed by atoms with Crippen LogP contribution in [0.25, 0.3) is 6.08 Å². The molecule has 1 N–H and O–H groups in total. The van der Waals surface area contributed by atoms with E-state index in [1.54, 1.807) is 73.2 Å². The molecule has 1 aliphatic rings. The standard InChI is InChI=1S/C35H27ClFN3O4S/c1-21-31(33(41)39-27-8-4-3-5-9-27)32(23-7-6-10-28(18-23)43-2)40-34(42)30(45-35(40)38-21)19-24-17-25(36)13-16-29(24)44-20-22-11-14-26(37)15-12-22/h3-19,32H,20H2,1-2H3,(H,39,41)/b30-19-/t32-/m0/s1. The lowest BCUT2D eigenvalue weighted by Gasteiger charge is -2.25. The molecule has 0 saturated heterocycles. The number of ether oxygens (including phenoxy) is 2. The predicted octanol–water partition coefficient (Wildman–Crippen LogP) is 6.25. The maximum absolute atomic E-state index is 14.2. The maximum atomic E-state index is 14.2. The number of nitrogens with zero attached hydrogens (tertiary/aromatic N) is 2. The minimum Gasteiger partial charge on any atom is -0.497 e. The molecule has 226 valence electrons. The molecule has 0 saturated carbocycles. The van der Waals surface area contributed by atoms with Crippen molar-refractivity contribution in [1.29, 1.82) is 0 Å². The van der Waals surface area contributed by atoms with Gasteiger partial charge in [-0.1, -0.05) is 65.4 Å². The van der Waals surface area contributed by atoms with Gasteiger partial charge in [-0.3, -0.25) is 14.2 Å². The summed E-state index contributed by atoms with van der Waals surface area (Å²) in [7, 11) is 1.56. The highest BCUT2D eigenvalue weighted by atomic mass is 35.5. The van der Waals surface area contributed by atoms with Gasteiger partial charge in [-0.05, 0) is 78.7 Å².